The quantitative estimate of drug-likeness (QED) is 0.782. The van der Waals surface area contributed by atoms with Crippen molar-refractivity contribution in [1.82, 2.24) is 5.32 Å². The lowest BCUT2D eigenvalue weighted by atomic mass is 9.97. The number of esters is 1. The Balaban J connectivity index is 2.08. The van der Waals surface area contributed by atoms with Crippen molar-refractivity contribution in [3.8, 4) is 0 Å². The Morgan fingerprint density at radius 3 is 3.12 bits per heavy atom. The molecular weight excluding hydrogens is 202 g/mol. The third-order valence-corrected chi connectivity index (χ3v) is 2.81. The maximum Gasteiger partial charge on any atom is 0.310 e. The molecule has 1 N–H and O–H groups in total. The first-order chi connectivity index (χ1) is 7.79. The van der Waals surface area contributed by atoms with E-state index in [1.54, 1.807) is 0 Å². The van der Waals surface area contributed by atoms with Crippen LogP contribution in [0.2, 0.25) is 0 Å². The molecule has 1 aromatic rings. The largest absolute Gasteiger partial charge is 0.466 e. The van der Waals surface area contributed by atoms with E-state index in [0.717, 1.165) is 25.1 Å². The summed E-state index contributed by atoms with van der Waals surface area (Å²) in [5.74, 6) is -0.142. The van der Waals surface area contributed by atoms with E-state index in [1.165, 1.54) is 11.1 Å². The molecule has 2 rings (SSSR count). The molecule has 0 radical (unpaired) electrons. The minimum Gasteiger partial charge on any atom is -0.466 e. The smallest absolute Gasteiger partial charge is 0.310 e. The number of ether oxygens (including phenoxy) is 1. The van der Waals surface area contributed by atoms with Crippen LogP contribution in [0.3, 0.4) is 0 Å². The van der Waals surface area contributed by atoms with Crippen LogP contribution in [0.25, 0.3) is 0 Å². The number of carbonyl (C=O) groups excluding carboxylic acids is 1. The molecule has 1 aliphatic heterocycles. The van der Waals surface area contributed by atoms with Crippen molar-refractivity contribution in [2.75, 3.05) is 13.2 Å². The van der Waals surface area contributed by atoms with Crippen LogP contribution in [-0.4, -0.2) is 19.1 Å². The van der Waals surface area contributed by atoms with Crippen LogP contribution < -0.4 is 5.32 Å². The van der Waals surface area contributed by atoms with Crippen LogP contribution >= 0.6 is 0 Å². The summed E-state index contributed by atoms with van der Waals surface area (Å²) < 4.78 is 4.94. The van der Waals surface area contributed by atoms with Gasteiger partial charge in [-0.2, -0.15) is 0 Å². The van der Waals surface area contributed by atoms with Gasteiger partial charge in [-0.25, -0.2) is 0 Å². The predicted molar refractivity (Wildman–Crippen MR) is 62.2 cm³/mol. The molecule has 1 aromatic carbocycles. The van der Waals surface area contributed by atoms with Gasteiger partial charge in [-0.3, -0.25) is 4.79 Å². The average Bonchev–Trinajstić information content (AvgIpc) is 2.29. The predicted octanol–water partition coefficient (Wildman–Crippen LogP) is 1.44. The minimum absolute atomic E-state index is 0.142. The molecule has 86 valence electrons. The van der Waals surface area contributed by atoms with E-state index in [9.17, 15) is 4.79 Å². The number of hydrogen-bond acceptors (Lipinski definition) is 3. The van der Waals surface area contributed by atoms with Gasteiger partial charge < -0.3 is 10.1 Å². The summed E-state index contributed by atoms with van der Waals surface area (Å²) in [5, 5.41) is 3.33. The Morgan fingerprint density at radius 1 is 1.44 bits per heavy atom. The molecule has 0 aromatic heterocycles. The second-order valence-corrected chi connectivity index (χ2v) is 4.01. The van der Waals surface area contributed by atoms with Gasteiger partial charge in [0.05, 0.1) is 13.0 Å². The molecule has 0 fully saturated rings. The van der Waals surface area contributed by atoms with Gasteiger partial charge in [0.1, 0.15) is 0 Å². The van der Waals surface area contributed by atoms with Gasteiger partial charge in [-0.1, -0.05) is 18.2 Å². The second-order valence-electron chi connectivity index (χ2n) is 4.01. The maximum absolute atomic E-state index is 11.3. The van der Waals surface area contributed by atoms with Crippen molar-refractivity contribution < 1.29 is 9.53 Å². The summed E-state index contributed by atoms with van der Waals surface area (Å²) in [6.45, 7) is 4.25. The van der Waals surface area contributed by atoms with Crippen molar-refractivity contribution in [2.24, 2.45) is 0 Å². The van der Waals surface area contributed by atoms with E-state index in [-0.39, 0.29) is 5.97 Å². The molecule has 0 atom stereocenters. The molecule has 0 saturated carbocycles. The van der Waals surface area contributed by atoms with E-state index in [2.05, 4.69) is 17.4 Å². The van der Waals surface area contributed by atoms with Crippen LogP contribution in [0.1, 0.15) is 23.6 Å². The van der Waals surface area contributed by atoms with Crippen molar-refractivity contribution in [3.63, 3.8) is 0 Å². The lowest BCUT2D eigenvalue weighted by Gasteiger charge is -2.17. The highest BCUT2D eigenvalue weighted by atomic mass is 16.5. The Bertz CT molecular complexity index is 388. The SMILES string of the molecule is CCOC(=O)Cc1ccc2c(c1)CCNC2. The number of fused-ring (bicyclic) bond motifs is 1. The van der Waals surface area contributed by atoms with Gasteiger partial charge in [0.2, 0.25) is 0 Å². The molecule has 3 nitrogen and oxygen atoms in total. The molecule has 1 heterocycles. The molecule has 0 unspecified atom stereocenters. The third-order valence-electron chi connectivity index (χ3n) is 2.81. The minimum atomic E-state index is -0.142. The fourth-order valence-corrected chi connectivity index (χ4v) is 2.02. The van der Waals surface area contributed by atoms with Crippen molar-refractivity contribution >= 4 is 5.97 Å². The van der Waals surface area contributed by atoms with E-state index in [1.807, 2.05) is 13.0 Å². The zero-order valence-electron chi connectivity index (χ0n) is 9.58. The van der Waals surface area contributed by atoms with Crippen LogP contribution in [-0.2, 0) is 28.9 Å². The Morgan fingerprint density at radius 2 is 2.31 bits per heavy atom. The molecule has 0 amide bonds. The van der Waals surface area contributed by atoms with Crippen LogP contribution in [0.4, 0.5) is 0 Å². The topological polar surface area (TPSA) is 38.3 Å². The number of carbonyl (C=O) groups is 1. The maximum atomic E-state index is 11.3. The molecule has 0 saturated heterocycles. The van der Waals surface area contributed by atoms with Gasteiger partial charge in [0.25, 0.3) is 0 Å². The van der Waals surface area contributed by atoms with E-state index < -0.39 is 0 Å². The normalized spacial score (nSPS) is 14.3. The summed E-state index contributed by atoms with van der Waals surface area (Å²) in [5.41, 5.74) is 3.76. The summed E-state index contributed by atoms with van der Waals surface area (Å²) in [7, 11) is 0. The number of nitrogens with one attached hydrogen (secondary N) is 1. The summed E-state index contributed by atoms with van der Waals surface area (Å²) >= 11 is 0. The van der Waals surface area contributed by atoms with Gasteiger partial charge in [-0.05, 0) is 36.6 Å². The summed E-state index contributed by atoms with van der Waals surface area (Å²) in [4.78, 5) is 11.3. The molecule has 0 spiro atoms. The monoisotopic (exact) mass is 219 g/mol. The van der Waals surface area contributed by atoms with Gasteiger partial charge in [0.15, 0.2) is 0 Å². The van der Waals surface area contributed by atoms with Crippen molar-refractivity contribution in [3.05, 3.63) is 34.9 Å². The van der Waals surface area contributed by atoms with Crippen LogP contribution in [0, 0.1) is 0 Å². The van der Waals surface area contributed by atoms with Gasteiger partial charge in [0, 0.05) is 6.54 Å². The Labute approximate surface area is 95.8 Å². The van der Waals surface area contributed by atoms with E-state index in [4.69, 9.17) is 4.74 Å². The van der Waals surface area contributed by atoms with Gasteiger partial charge in [-0.15, -0.1) is 0 Å². The van der Waals surface area contributed by atoms with Crippen LogP contribution in [0.5, 0.6) is 0 Å². The zero-order chi connectivity index (χ0) is 11.4. The highest BCUT2D eigenvalue weighted by Gasteiger charge is 2.10. The molecular formula is C13H17NO2. The van der Waals surface area contributed by atoms with Crippen molar-refractivity contribution in [1.29, 1.82) is 0 Å². The molecule has 0 bridgehead atoms. The average molecular weight is 219 g/mol. The highest BCUT2D eigenvalue weighted by Crippen LogP contribution is 2.16. The van der Waals surface area contributed by atoms with Gasteiger partial charge >= 0.3 is 5.97 Å². The first kappa shape index (κ1) is 11.1. The third kappa shape index (κ3) is 2.61. The first-order valence-electron chi connectivity index (χ1n) is 5.76. The van der Waals surface area contributed by atoms with Crippen LogP contribution in [0.15, 0.2) is 18.2 Å². The Hall–Kier alpha value is -1.35. The molecule has 16 heavy (non-hydrogen) atoms. The van der Waals surface area contributed by atoms with Crippen molar-refractivity contribution in [2.45, 2.75) is 26.3 Å². The summed E-state index contributed by atoms with van der Waals surface area (Å²) in [6, 6.07) is 6.26. The lowest BCUT2D eigenvalue weighted by molar-refractivity contribution is -0.142. The number of rotatable bonds is 3. The second kappa shape index (κ2) is 5.12. The number of benzene rings is 1. The fraction of sp³-hybridized carbons (Fsp3) is 0.462. The molecule has 1 aliphatic rings. The standard InChI is InChI=1S/C13H17NO2/c1-2-16-13(15)8-10-3-4-12-9-14-6-5-11(12)7-10/h3-4,7,14H,2,5-6,8-9H2,1H3. The molecule has 3 heteroatoms. The molecule has 0 aliphatic carbocycles. The van der Waals surface area contributed by atoms with E-state index >= 15 is 0 Å². The van der Waals surface area contributed by atoms with E-state index in [0.29, 0.717) is 13.0 Å². The number of hydrogen-bond donors (Lipinski definition) is 1. The zero-order valence-corrected chi connectivity index (χ0v) is 9.58. The fourth-order valence-electron chi connectivity index (χ4n) is 2.02. The highest BCUT2D eigenvalue weighted by molar-refractivity contribution is 5.72. The lowest BCUT2D eigenvalue weighted by Crippen LogP contribution is -2.23. The first-order valence-corrected chi connectivity index (χ1v) is 5.76. The Kier molecular flexibility index (Phi) is 3.57. The summed E-state index contributed by atoms with van der Waals surface area (Å²) in [6.07, 6.45) is 1.43.